The van der Waals surface area contributed by atoms with Gasteiger partial charge in [-0.2, -0.15) is 5.10 Å². The fourth-order valence-electron chi connectivity index (χ4n) is 1.82. The van der Waals surface area contributed by atoms with Crippen LogP contribution in [-0.4, -0.2) is 14.8 Å². The number of hydrogen-bond donors (Lipinski definition) is 0. The zero-order valence-electron chi connectivity index (χ0n) is 11.2. The van der Waals surface area contributed by atoms with Crippen LogP contribution in [0.2, 0.25) is 0 Å². The molecular weight excluding hydrogens is 226 g/mol. The van der Waals surface area contributed by atoms with Gasteiger partial charge < -0.3 is 4.74 Å². The van der Waals surface area contributed by atoms with E-state index in [0.717, 1.165) is 24.5 Å². The molecule has 1 heterocycles. The summed E-state index contributed by atoms with van der Waals surface area (Å²) in [4.78, 5) is 4.23. The first-order valence-electron chi connectivity index (χ1n) is 6.28. The summed E-state index contributed by atoms with van der Waals surface area (Å²) in [5.74, 6) is 1.79. The molecule has 2 aromatic rings. The minimum Gasteiger partial charge on any atom is -0.485 e. The van der Waals surface area contributed by atoms with Crippen molar-refractivity contribution in [2.24, 2.45) is 0 Å². The van der Waals surface area contributed by atoms with Crippen molar-refractivity contribution in [2.45, 2.75) is 40.3 Å². The van der Waals surface area contributed by atoms with E-state index in [1.54, 1.807) is 6.33 Å². The maximum atomic E-state index is 5.83. The number of hydrogen-bond acceptors (Lipinski definition) is 3. The van der Waals surface area contributed by atoms with Crippen LogP contribution >= 0.6 is 0 Å². The second-order valence-electron chi connectivity index (χ2n) is 4.39. The molecule has 0 saturated carbocycles. The van der Waals surface area contributed by atoms with Gasteiger partial charge in [0.1, 0.15) is 18.7 Å². The summed E-state index contributed by atoms with van der Waals surface area (Å²) in [6.07, 6.45) is 2.62. The van der Waals surface area contributed by atoms with Gasteiger partial charge in [-0.05, 0) is 37.5 Å². The van der Waals surface area contributed by atoms with Crippen LogP contribution in [0.15, 0.2) is 24.5 Å². The first kappa shape index (κ1) is 12.6. The molecule has 4 heteroatoms. The largest absolute Gasteiger partial charge is 0.485 e. The molecule has 0 atom stereocenters. The minimum atomic E-state index is 0.463. The van der Waals surface area contributed by atoms with Gasteiger partial charge in [0.15, 0.2) is 5.82 Å². The Morgan fingerprint density at radius 2 is 2.11 bits per heavy atom. The van der Waals surface area contributed by atoms with Gasteiger partial charge in [0, 0.05) is 6.54 Å². The zero-order chi connectivity index (χ0) is 13.0. The van der Waals surface area contributed by atoms with Crippen LogP contribution in [0.25, 0.3) is 0 Å². The van der Waals surface area contributed by atoms with E-state index in [1.807, 2.05) is 16.8 Å². The Hall–Kier alpha value is -1.84. The van der Waals surface area contributed by atoms with Crippen molar-refractivity contribution in [2.75, 3.05) is 0 Å². The normalized spacial score (nSPS) is 10.6. The lowest BCUT2D eigenvalue weighted by atomic mass is 10.1. The summed E-state index contributed by atoms with van der Waals surface area (Å²) in [6, 6.07) is 6.08. The number of aryl methyl sites for hydroxylation is 2. The predicted octanol–water partition coefficient (Wildman–Crippen LogP) is 2.88. The van der Waals surface area contributed by atoms with Crippen molar-refractivity contribution < 1.29 is 4.74 Å². The molecule has 0 bridgehead atoms. The molecule has 0 aliphatic rings. The van der Waals surface area contributed by atoms with Crippen molar-refractivity contribution >= 4 is 0 Å². The van der Waals surface area contributed by atoms with Crippen molar-refractivity contribution in [1.82, 2.24) is 14.8 Å². The molecule has 0 aliphatic heterocycles. The second kappa shape index (κ2) is 5.67. The number of benzene rings is 1. The van der Waals surface area contributed by atoms with Crippen LogP contribution in [0, 0.1) is 13.8 Å². The molecule has 96 valence electrons. The Balaban J connectivity index is 2.07. The van der Waals surface area contributed by atoms with Gasteiger partial charge in [-0.3, -0.25) is 0 Å². The Bertz CT molecular complexity index is 520. The minimum absolute atomic E-state index is 0.463. The summed E-state index contributed by atoms with van der Waals surface area (Å²) in [7, 11) is 0. The maximum Gasteiger partial charge on any atom is 0.164 e. The average Bonchev–Trinajstić information content (AvgIpc) is 2.79. The van der Waals surface area contributed by atoms with Crippen LogP contribution in [0.5, 0.6) is 5.75 Å². The third kappa shape index (κ3) is 2.70. The molecule has 18 heavy (non-hydrogen) atoms. The average molecular weight is 245 g/mol. The van der Waals surface area contributed by atoms with E-state index in [1.165, 1.54) is 11.1 Å². The predicted molar refractivity (Wildman–Crippen MR) is 70.6 cm³/mol. The fraction of sp³-hybridized carbons (Fsp3) is 0.429. The summed E-state index contributed by atoms with van der Waals surface area (Å²) in [6.45, 7) is 7.62. The van der Waals surface area contributed by atoms with Crippen LogP contribution in [-0.2, 0) is 13.2 Å². The van der Waals surface area contributed by atoms with E-state index in [4.69, 9.17) is 4.74 Å². The molecule has 1 aromatic heterocycles. The second-order valence-corrected chi connectivity index (χ2v) is 4.39. The molecule has 2 rings (SSSR count). The lowest BCUT2D eigenvalue weighted by Gasteiger charge is -2.11. The molecule has 4 nitrogen and oxygen atoms in total. The van der Waals surface area contributed by atoms with Gasteiger partial charge in [0.2, 0.25) is 0 Å². The lowest BCUT2D eigenvalue weighted by Crippen LogP contribution is -2.09. The van der Waals surface area contributed by atoms with Crippen molar-refractivity contribution in [3.8, 4) is 5.75 Å². The third-order valence-electron chi connectivity index (χ3n) is 3.04. The Kier molecular flexibility index (Phi) is 3.97. The van der Waals surface area contributed by atoms with E-state index in [-0.39, 0.29) is 0 Å². The highest BCUT2D eigenvalue weighted by Gasteiger charge is 2.06. The lowest BCUT2D eigenvalue weighted by molar-refractivity contribution is 0.284. The quantitative estimate of drug-likeness (QED) is 0.813. The molecule has 0 amide bonds. The highest BCUT2D eigenvalue weighted by molar-refractivity contribution is 5.38. The summed E-state index contributed by atoms with van der Waals surface area (Å²) in [5, 5.41) is 4.18. The van der Waals surface area contributed by atoms with E-state index >= 15 is 0 Å². The topological polar surface area (TPSA) is 39.9 Å². The molecule has 0 unspecified atom stereocenters. The van der Waals surface area contributed by atoms with Crippen LogP contribution in [0.4, 0.5) is 0 Å². The van der Waals surface area contributed by atoms with Gasteiger partial charge in [0.05, 0.1) is 0 Å². The van der Waals surface area contributed by atoms with E-state index in [9.17, 15) is 0 Å². The highest BCUT2D eigenvalue weighted by atomic mass is 16.5. The Labute approximate surface area is 108 Å². The Morgan fingerprint density at radius 3 is 2.89 bits per heavy atom. The van der Waals surface area contributed by atoms with Gasteiger partial charge in [0.25, 0.3) is 0 Å². The molecule has 1 aromatic carbocycles. The standard InChI is InChI=1S/C14H19N3O/c1-4-8-17-14(15-10-16-17)9-18-13-7-5-6-11(2)12(13)3/h5-7,10H,4,8-9H2,1-3H3. The molecule has 0 spiro atoms. The van der Waals surface area contributed by atoms with Crippen LogP contribution in [0.1, 0.15) is 30.3 Å². The summed E-state index contributed by atoms with van der Waals surface area (Å²) >= 11 is 0. The maximum absolute atomic E-state index is 5.83. The third-order valence-corrected chi connectivity index (χ3v) is 3.04. The molecule has 0 saturated heterocycles. The first-order chi connectivity index (χ1) is 8.72. The summed E-state index contributed by atoms with van der Waals surface area (Å²) in [5.41, 5.74) is 2.42. The van der Waals surface area contributed by atoms with Gasteiger partial charge in [-0.1, -0.05) is 19.1 Å². The van der Waals surface area contributed by atoms with Crippen molar-refractivity contribution in [1.29, 1.82) is 0 Å². The van der Waals surface area contributed by atoms with Crippen LogP contribution in [0.3, 0.4) is 0 Å². The van der Waals surface area contributed by atoms with Gasteiger partial charge in [-0.15, -0.1) is 0 Å². The van der Waals surface area contributed by atoms with Crippen molar-refractivity contribution in [3.63, 3.8) is 0 Å². The van der Waals surface area contributed by atoms with Crippen LogP contribution < -0.4 is 4.74 Å². The molecule has 0 radical (unpaired) electrons. The Morgan fingerprint density at radius 1 is 1.28 bits per heavy atom. The zero-order valence-corrected chi connectivity index (χ0v) is 11.2. The van der Waals surface area contributed by atoms with Crippen molar-refractivity contribution in [3.05, 3.63) is 41.5 Å². The number of ether oxygens (including phenoxy) is 1. The molecule has 0 aliphatic carbocycles. The van der Waals surface area contributed by atoms with E-state index < -0.39 is 0 Å². The smallest absolute Gasteiger partial charge is 0.164 e. The van der Waals surface area contributed by atoms with E-state index in [2.05, 4.69) is 36.9 Å². The highest BCUT2D eigenvalue weighted by Crippen LogP contribution is 2.21. The van der Waals surface area contributed by atoms with Gasteiger partial charge in [-0.25, -0.2) is 9.67 Å². The first-order valence-corrected chi connectivity index (χ1v) is 6.28. The fourth-order valence-corrected chi connectivity index (χ4v) is 1.82. The molecular formula is C14H19N3O. The van der Waals surface area contributed by atoms with Gasteiger partial charge >= 0.3 is 0 Å². The SMILES string of the molecule is CCCn1ncnc1COc1cccc(C)c1C. The molecule has 0 fully saturated rings. The number of rotatable bonds is 5. The summed E-state index contributed by atoms with van der Waals surface area (Å²) < 4.78 is 7.72. The monoisotopic (exact) mass is 245 g/mol. The number of nitrogens with zero attached hydrogens (tertiary/aromatic N) is 3. The van der Waals surface area contributed by atoms with E-state index in [0.29, 0.717) is 6.61 Å². The number of aromatic nitrogens is 3. The molecule has 0 N–H and O–H groups in total.